The number of rotatable bonds is 2. The predicted molar refractivity (Wildman–Crippen MR) is 59.3 cm³/mol. The zero-order valence-electron chi connectivity index (χ0n) is 8.76. The van der Waals surface area contributed by atoms with Crippen molar-refractivity contribution < 1.29 is 9.90 Å². The Balaban J connectivity index is 2.32. The van der Waals surface area contributed by atoms with Crippen molar-refractivity contribution in [3.8, 4) is 0 Å². The van der Waals surface area contributed by atoms with Crippen molar-refractivity contribution in [1.82, 2.24) is 0 Å². The van der Waals surface area contributed by atoms with Gasteiger partial charge in [-0.05, 0) is 25.5 Å². The van der Waals surface area contributed by atoms with Gasteiger partial charge in [-0.25, -0.2) is 0 Å². The topological polar surface area (TPSA) is 40.5 Å². The fourth-order valence-corrected chi connectivity index (χ4v) is 2.19. The summed E-state index contributed by atoms with van der Waals surface area (Å²) in [5.41, 5.74) is 1.62. The Kier molecular flexibility index (Phi) is 2.73. The van der Waals surface area contributed by atoms with Gasteiger partial charge in [0.15, 0.2) is 6.29 Å². The molecular weight excluding hydrogens is 190 g/mol. The SMILES string of the molecule is CC1CC(O)CN1c1ccccc1C=O. The number of carbonyl (C=O) groups excluding carboxylic acids is 1. The van der Waals surface area contributed by atoms with Crippen LogP contribution in [0.2, 0.25) is 0 Å². The smallest absolute Gasteiger partial charge is 0.152 e. The number of para-hydroxylation sites is 1. The highest BCUT2D eigenvalue weighted by molar-refractivity contribution is 5.84. The Morgan fingerprint density at radius 2 is 2.20 bits per heavy atom. The van der Waals surface area contributed by atoms with Gasteiger partial charge in [0, 0.05) is 23.8 Å². The number of aliphatic hydroxyl groups is 1. The number of hydrogen-bond donors (Lipinski definition) is 1. The Morgan fingerprint density at radius 1 is 1.47 bits per heavy atom. The molecule has 1 fully saturated rings. The van der Waals surface area contributed by atoms with Gasteiger partial charge < -0.3 is 10.0 Å². The van der Waals surface area contributed by atoms with Crippen LogP contribution in [0.5, 0.6) is 0 Å². The van der Waals surface area contributed by atoms with Gasteiger partial charge in [0.25, 0.3) is 0 Å². The van der Waals surface area contributed by atoms with Crippen LogP contribution in [0.25, 0.3) is 0 Å². The average Bonchev–Trinajstić information content (AvgIpc) is 2.57. The van der Waals surface area contributed by atoms with Crippen LogP contribution in [0, 0.1) is 0 Å². The van der Waals surface area contributed by atoms with E-state index in [4.69, 9.17) is 0 Å². The Bertz CT molecular complexity index is 364. The number of hydrogen-bond acceptors (Lipinski definition) is 3. The summed E-state index contributed by atoms with van der Waals surface area (Å²) in [6, 6.07) is 7.79. The van der Waals surface area contributed by atoms with Gasteiger partial charge in [0.2, 0.25) is 0 Å². The lowest BCUT2D eigenvalue weighted by Crippen LogP contribution is -2.28. The van der Waals surface area contributed by atoms with Gasteiger partial charge in [-0.2, -0.15) is 0 Å². The molecule has 0 aliphatic carbocycles. The third-order valence-electron chi connectivity index (χ3n) is 2.93. The molecule has 0 saturated carbocycles. The molecule has 2 unspecified atom stereocenters. The standard InChI is InChI=1S/C12H15NO2/c1-9-6-11(15)7-13(9)12-5-3-2-4-10(12)8-14/h2-5,8-9,11,15H,6-7H2,1H3. The first-order valence-electron chi connectivity index (χ1n) is 5.21. The molecule has 0 radical (unpaired) electrons. The molecule has 0 spiro atoms. The number of β-amino-alcohol motifs (C(OH)–C–C–N with tert-alkyl or cyclic N) is 1. The second-order valence-electron chi connectivity index (χ2n) is 4.07. The van der Waals surface area contributed by atoms with E-state index in [-0.39, 0.29) is 6.10 Å². The molecule has 0 aromatic heterocycles. The van der Waals surface area contributed by atoms with Crippen LogP contribution in [0.1, 0.15) is 23.7 Å². The highest BCUT2D eigenvalue weighted by Crippen LogP contribution is 2.27. The van der Waals surface area contributed by atoms with Gasteiger partial charge in [0.1, 0.15) is 0 Å². The molecule has 1 heterocycles. The van der Waals surface area contributed by atoms with Crippen molar-refractivity contribution in [1.29, 1.82) is 0 Å². The summed E-state index contributed by atoms with van der Waals surface area (Å²) in [5, 5.41) is 9.56. The third kappa shape index (κ3) is 1.88. The van der Waals surface area contributed by atoms with Crippen molar-refractivity contribution in [2.75, 3.05) is 11.4 Å². The fourth-order valence-electron chi connectivity index (χ4n) is 2.19. The van der Waals surface area contributed by atoms with Crippen LogP contribution in [0.15, 0.2) is 24.3 Å². The van der Waals surface area contributed by atoms with E-state index in [1.165, 1.54) is 0 Å². The van der Waals surface area contributed by atoms with Crippen molar-refractivity contribution in [3.63, 3.8) is 0 Å². The molecular formula is C12H15NO2. The van der Waals surface area contributed by atoms with Gasteiger partial charge in [-0.3, -0.25) is 4.79 Å². The van der Waals surface area contributed by atoms with Crippen LogP contribution >= 0.6 is 0 Å². The molecule has 0 bridgehead atoms. The Labute approximate surface area is 89.3 Å². The first-order chi connectivity index (χ1) is 7.22. The minimum absolute atomic E-state index is 0.278. The van der Waals surface area contributed by atoms with E-state index >= 15 is 0 Å². The first-order valence-corrected chi connectivity index (χ1v) is 5.21. The number of aliphatic hydroxyl groups excluding tert-OH is 1. The largest absolute Gasteiger partial charge is 0.391 e. The molecule has 2 rings (SSSR count). The van der Waals surface area contributed by atoms with Crippen molar-refractivity contribution in [2.45, 2.75) is 25.5 Å². The zero-order valence-corrected chi connectivity index (χ0v) is 8.76. The van der Waals surface area contributed by atoms with Crippen molar-refractivity contribution in [3.05, 3.63) is 29.8 Å². The molecule has 2 atom stereocenters. The van der Waals surface area contributed by atoms with Crippen LogP contribution < -0.4 is 4.90 Å². The van der Waals surface area contributed by atoms with Gasteiger partial charge in [-0.15, -0.1) is 0 Å². The molecule has 80 valence electrons. The lowest BCUT2D eigenvalue weighted by Gasteiger charge is -2.24. The summed E-state index contributed by atoms with van der Waals surface area (Å²) in [6.07, 6.45) is 1.36. The second kappa shape index (κ2) is 4.03. The molecule has 1 N–H and O–H groups in total. The zero-order chi connectivity index (χ0) is 10.8. The summed E-state index contributed by atoms with van der Waals surface area (Å²) in [4.78, 5) is 13.0. The monoisotopic (exact) mass is 205 g/mol. The molecule has 1 aromatic rings. The minimum atomic E-state index is -0.278. The lowest BCUT2D eigenvalue weighted by molar-refractivity contribution is 0.112. The predicted octanol–water partition coefficient (Wildman–Crippen LogP) is 1.46. The maximum Gasteiger partial charge on any atom is 0.152 e. The number of carbonyl (C=O) groups is 1. The Morgan fingerprint density at radius 3 is 2.80 bits per heavy atom. The van der Waals surface area contributed by atoms with Crippen molar-refractivity contribution in [2.24, 2.45) is 0 Å². The summed E-state index contributed by atoms with van der Waals surface area (Å²) >= 11 is 0. The summed E-state index contributed by atoms with van der Waals surface area (Å²) < 4.78 is 0. The molecule has 3 heteroatoms. The minimum Gasteiger partial charge on any atom is -0.391 e. The van der Waals surface area contributed by atoms with Crippen molar-refractivity contribution >= 4 is 12.0 Å². The van der Waals surface area contributed by atoms with Gasteiger partial charge in [-0.1, -0.05) is 12.1 Å². The summed E-state index contributed by atoms with van der Waals surface area (Å²) in [6.45, 7) is 2.68. The van der Waals surface area contributed by atoms with E-state index in [1.807, 2.05) is 18.2 Å². The second-order valence-corrected chi connectivity index (χ2v) is 4.07. The summed E-state index contributed by atoms with van der Waals surface area (Å²) in [5.74, 6) is 0. The fraction of sp³-hybridized carbons (Fsp3) is 0.417. The van der Waals surface area contributed by atoms with E-state index in [0.717, 1.165) is 18.4 Å². The number of benzene rings is 1. The average molecular weight is 205 g/mol. The molecule has 1 aliphatic rings. The molecule has 15 heavy (non-hydrogen) atoms. The van der Waals surface area contributed by atoms with Crippen LogP contribution in [-0.2, 0) is 0 Å². The number of aldehydes is 1. The van der Waals surface area contributed by atoms with Crippen LogP contribution in [0.4, 0.5) is 5.69 Å². The molecule has 3 nitrogen and oxygen atoms in total. The van der Waals surface area contributed by atoms with Gasteiger partial charge >= 0.3 is 0 Å². The van der Waals surface area contributed by atoms with E-state index < -0.39 is 0 Å². The number of anilines is 1. The highest BCUT2D eigenvalue weighted by Gasteiger charge is 2.28. The molecule has 1 saturated heterocycles. The number of nitrogens with zero attached hydrogens (tertiary/aromatic N) is 1. The molecule has 1 aliphatic heterocycles. The highest BCUT2D eigenvalue weighted by atomic mass is 16.3. The maximum absolute atomic E-state index is 10.9. The van der Waals surface area contributed by atoms with Crippen LogP contribution in [-0.4, -0.2) is 30.1 Å². The maximum atomic E-state index is 10.9. The molecule has 0 amide bonds. The molecule has 1 aromatic carbocycles. The third-order valence-corrected chi connectivity index (χ3v) is 2.93. The quantitative estimate of drug-likeness (QED) is 0.743. The van der Waals surface area contributed by atoms with Crippen LogP contribution in [0.3, 0.4) is 0 Å². The lowest BCUT2D eigenvalue weighted by atomic mass is 10.1. The normalized spacial score (nSPS) is 25.6. The first kappa shape index (κ1) is 10.2. The van der Waals surface area contributed by atoms with E-state index in [1.54, 1.807) is 6.07 Å². The Hall–Kier alpha value is -1.35. The van der Waals surface area contributed by atoms with E-state index in [0.29, 0.717) is 18.2 Å². The van der Waals surface area contributed by atoms with E-state index in [2.05, 4.69) is 11.8 Å². The van der Waals surface area contributed by atoms with Gasteiger partial charge in [0.05, 0.1) is 6.10 Å². The van der Waals surface area contributed by atoms with E-state index in [9.17, 15) is 9.90 Å². The summed E-state index contributed by atoms with van der Waals surface area (Å²) in [7, 11) is 0.